The molecule has 0 radical (unpaired) electrons. The largest absolute Gasteiger partial charge is 0.459 e. The standard InChI is InChI=1S/C39H72N2O12/c1-14-28-38(11,46)32(43)25(7)41(15-2)19-21(3)17-36(9,45)33(53-35-30(42)27(40-12)16-22(4)49-35)23(5)31(24(6)34(44)51-28)52-29-18-37(10,47-13)39(20-48-39)26(8)50-29/h21-33,35,40,42-43,45-46H,14-20H2,1-13H3/t21-,22-,23+,24-,25-,26+,27+,28-,29+,30-,31+,32-,33-,35+,36-,37-,38-,39+/m1/s1. The summed E-state index contributed by atoms with van der Waals surface area (Å²) in [4.78, 5) is 16.4. The first-order valence-electron chi connectivity index (χ1n) is 19.9. The Morgan fingerprint density at radius 1 is 0.981 bits per heavy atom. The molecule has 0 aromatic heterocycles. The third-order valence-electron chi connectivity index (χ3n) is 13.1. The average Bonchev–Trinajstić information content (AvgIpc) is 3.91. The van der Waals surface area contributed by atoms with Gasteiger partial charge in [0, 0.05) is 38.1 Å². The monoisotopic (exact) mass is 761 g/mol. The van der Waals surface area contributed by atoms with E-state index >= 15 is 0 Å². The van der Waals surface area contributed by atoms with Crippen molar-refractivity contribution in [3.8, 4) is 0 Å². The lowest BCUT2D eigenvalue weighted by Crippen LogP contribution is -2.61. The quantitative estimate of drug-likeness (QED) is 0.180. The Bertz CT molecular complexity index is 1200. The minimum atomic E-state index is -1.78. The van der Waals surface area contributed by atoms with Gasteiger partial charge in [0.2, 0.25) is 0 Å². The van der Waals surface area contributed by atoms with Crippen molar-refractivity contribution in [1.82, 2.24) is 10.2 Å². The zero-order valence-electron chi connectivity index (χ0n) is 34.5. The molecule has 53 heavy (non-hydrogen) atoms. The fourth-order valence-corrected chi connectivity index (χ4v) is 9.49. The third-order valence-corrected chi connectivity index (χ3v) is 13.1. The van der Waals surface area contributed by atoms with Gasteiger partial charge in [0.15, 0.2) is 12.6 Å². The van der Waals surface area contributed by atoms with Gasteiger partial charge in [-0.2, -0.15) is 0 Å². The summed E-state index contributed by atoms with van der Waals surface area (Å²) in [5.74, 6) is -2.45. The van der Waals surface area contributed by atoms with E-state index in [0.29, 0.717) is 32.5 Å². The molecule has 14 heteroatoms. The highest BCUT2D eigenvalue weighted by molar-refractivity contribution is 5.73. The van der Waals surface area contributed by atoms with Crippen molar-refractivity contribution in [2.75, 3.05) is 33.9 Å². The van der Waals surface area contributed by atoms with Crippen LogP contribution in [0.5, 0.6) is 0 Å². The number of rotatable bonds is 8. The van der Waals surface area contributed by atoms with Gasteiger partial charge < -0.3 is 58.9 Å². The number of esters is 1. The molecule has 4 saturated heterocycles. The van der Waals surface area contributed by atoms with E-state index in [1.807, 2.05) is 48.5 Å². The normalized spacial score (nSPS) is 51.0. The lowest BCUT2D eigenvalue weighted by Gasteiger charge is -2.49. The molecule has 4 rings (SSSR count). The maximum absolute atomic E-state index is 14.3. The minimum absolute atomic E-state index is 0.120. The Hall–Kier alpha value is -1.01. The fraction of sp³-hybridized carbons (Fsp3) is 0.974. The van der Waals surface area contributed by atoms with Crippen LogP contribution in [0.3, 0.4) is 0 Å². The number of likely N-dealkylation sites (N-methyl/N-ethyl adjacent to an activating group) is 2. The lowest BCUT2D eigenvalue weighted by molar-refractivity contribution is -0.312. The number of cyclic esters (lactones) is 1. The van der Waals surface area contributed by atoms with Crippen LogP contribution in [0.25, 0.3) is 0 Å². The average molecular weight is 761 g/mol. The van der Waals surface area contributed by atoms with Gasteiger partial charge in [0.1, 0.15) is 35.1 Å². The van der Waals surface area contributed by atoms with Crippen LogP contribution in [0.1, 0.15) is 102 Å². The molecule has 1 spiro atoms. The van der Waals surface area contributed by atoms with Crippen LogP contribution in [0.15, 0.2) is 0 Å². The number of carbonyl (C=O) groups excluding carboxylic acids is 1. The number of ether oxygens (including phenoxy) is 7. The number of methoxy groups -OCH3 is 1. The Balaban J connectivity index is 1.81. The predicted octanol–water partition coefficient (Wildman–Crippen LogP) is 2.36. The van der Waals surface area contributed by atoms with E-state index in [9.17, 15) is 25.2 Å². The van der Waals surface area contributed by atoms with Crippen LogP contribution in [-0.4, -0.2) is 155 Å². The summed E-state index contributed by atoms with van der Waals surface area (Å²) in [6.07, 6.45) is -6.52. The number of aliphatic hydroxyl groups excluding tert-OH is 2. The summed E-state index contributed by atoms with van der Waals surface area (Å²) in [7, 11) is 3.41. The van der Waals surface area contributed by atoms with Crippen molar-refractivity contribution >= 4 is 5.97 Å². The van der Waals surface area contributed by atoms with Crippen molar-refractivity contribution in [3.63, 3.8) is 0 Å². The molecule has 0 unspecified atom stereocenters. The summed E-state index contributed by atoms with van der Waals surface area (Å²) in [5, 5.41) is 50.6. The molecule has 14 nitrogen and oxygen atoms in total. The van der Waals surface area contributed by atoms with Crippen LogP contribution in [0.4, 0.5) is 0 Å². The summed E-state index contributed by atoms with van der Waals surface area (Å²) in [6.45, 7) is 21.7. The smallest absolute Gasteiger partial charge is 0.311 e. The van der Waals surface area contributed by atoms with Gasteiger partial charge in [0.25, 0.3) is 0 Å². The molecule has 4 aliphatic rings. The number of nitrogens with zero attached hydrogens (tertiary/aromatic N) is 1. The number of hydrogen-bond donors (Lipinski definition) is 5. The van der Waals surface area contributed by atoms with Crippen molar-refractivity contribution < 1.29 is 58.4 Å². The lowest BCUT2D eigenvalue weighted by atomic mass is 9.77. The molecular formula is C39H72N2O12. The van der Waals surface area contributed by atoms with Gasteiger partial charge in [-0.05, 0) is 87.2 Å². The summed E-state index contributed by atoms with van der Waals surface area (Å²) >= 11 is 0. The maximum Gasteiger partial charge on any atom is 0.311 e. The topological polar surface area (TPSA) is 181 Å². The van der Waals surface area contributed by atoms with E-state index in [1.165, 1.54) is 6.92 Å². The Kier molecular flexibility index (Phi) is 14.5. The Morgan fingerprint density at radius 3 is 2.17 bits per heavy atom. The molecule has 18 atom stereocenters. The molecular weight excluding hydrogens is 688 g/mol. The first-order valence-corrected chi connectivity index (χ1v) is 19.9. The van der Waals surface area contributed by atoms with Gasteiger partial charge in [-0.15, -0.1) is 0 Å². The van der Waals surface area contributed by atoms with Gasteiger partial charge >= 0.3 is 5.97 Å². The van der Waals surface area contributed by atoms with E-state index in [0.717, 1.165) is 0 Å². The van der Waals surface area contributed by atoms with Crippen LogP contribution < -0.4 is 5.32 Å². The second-order valence-corrected chi connectivity index (χ2v) is 17.3. The van der Waals surface area contributed by atoms with Gasteiger partial charge in [-0.1, -0.05) is 27.7 Å². The zero-order valence-corrected chi connectivity index (χ0v) is 34.5. The van der Waals surface area contributed by atoms with Gasteiger partial charge in [0.05, 0.1) is 42.5 Å². The van der Waals surface area contributed by atoms with E-state index in [-0.39, 0.29) is 30.9 Å². The molecule has 0 amide bonds. The van der Waals surface area contributed by atoms with E-state index in [2.05, 4.69) is 10.2 Å². The maximum atomic E-state index is 14.3. The molecule has 0 saturated carbocycles. The number of epoxide rings is 1. The van der Waals surface area contributed by atoms with Gasteiger partial charge in [-0.3, -0.25) is 9.69 Å². The van der Waals surface area contributed by atoms with E-state index in [1.54, 1.807) is 34.9 Å². The molecule has 0 aromatic rings. The Labute approximate surface area is 317 Å². The first kappa shape index (κ1) is 44.7. The summed E-state index contributed by atoms with van der Waals surface area (Å²) in [6, 6.07) is -0.818. The fourth-order valence-electron chi connectivity index (χ4n) is 9.49. The van der Waals surface area contributed by atoms with E-state index < -0.39 is 95.5 Å². The van der Waals surface area contributed by atoms with Crippen molar-refractivity contribution in [2.45, 2.75) is 192 Å². The van der Waals surface area contributed by atoms with Crippen LogP contribution >= 0.6 is 0 Å². The summed E-state index contributed by atoms with van der Waals surface area (Å²) < 4.78 is 44.2. The van der Waals surface area contributed by atoms with Crippen LogP contribution in [-0.2, 0) is 38.0 Å². The van der Waals surface area contributed by atoms with E-state index in [4.69, 9.17) is 33.2 Å². The molecule has 0 aliphatic carbocycles. The number of hydrogen-bond acceptors (Lipinski definition) is 14. The highest BCUT2D eigenvalue weighted by atomic mass is 16.7. The molecule has 0 bridgehead atoms. The highest BCUT2D eigenvalue weighted by Gasteiger charge is 2.67. The molecule has 5 N–H and O–H groups in total. The number of carbonyl (C=O) groups is 1. The Morgan fingerprint density at radius 2 is 1.62 bits per heavy atom. The third kappa shape index (κ3) is 9.10. The van der Waals surface area contributed by atoms with Crippen LogP contribution in [0.2, 0.25) is 0 Å². The molecule has 4 aliphatic heterocycles. The first-order chi connectivity index (χ1) is 24.6. The van der Waals surface area contributed by atoms with Crippen molar-refractivity contribution in [1.29, 1.82) is 0 Å². The molecule has 310 valence electrons. The predicted molar refractivity (Wildman–Crippen MR) is 197 cm³/mol. The highest BCUT2D eigenvalue weighted by Crippen LogP contribution is 2.51. The summed E-state index contributed by atoms with van der Waals surface area (Å²) in [5.41, 5.74) is -4.68. The van der Waals surface area contributed by atoms with Crippen molar-refractivity contribution in [3.05, 3.63) is 0 Å². The zero-order chi connectivity index (χ0) is 39.8. The van der Waals surface area contributed by atoms with Gasteiger partial charge in [-0.25, -0.2) is 0 Å². The van der Waals surface area contributed by atoms with Crippen molar-refractivity contribution in [2.24, 2.45) is 17.8 Å². The minimum Gasteiger partial charge on any atom is -0.459 e. The SMILES string of the molecule is CC[C@H]1OC(=O)[C@H](C)[C@@H](O[C@H]2C[C@@](C)(OC)[C@]3(CO3)[C@H](C)O2)[C@H](C)[C@@H](O[C@@H]2O[C@H](C)C[C@H](NC)[C@H]2O)[C@](C)(O)C[C@@H](C)CN(CC)[C@H](C)[C@@H](O)[C@]1(C)O. The second kappa shape index (κ2) is 17.2. The molecule has 4 fully saturated rings. The number of nitrogens with one attached hydrogen (secondary N) is 1. The second-order valence-electron chi connectivity index (χ2n) is 17.3. The van der Waals surface area contributed by atoms with Crippen LogP contribution in [0, 0.1) is 17.8 Å². The number of aliphatic hydroxyl groups is 4. The molecule has 4 heterocycles. The molecule has 0 aromatic carbocycles.